The molecule has 0 aliphatic heterocycles. The van der Waals surface area contributed by atoms with Gasteiger partial charge in [0.05, 0.1) is 12.6 Å². The van der Waals surface area contributed by atoms with Crippen molar-refractivity contribution in [2.24, 2.45) is 0 Å². The van der Waals surface area contributed by atoms with Crippen molar-refractivity contribution in [1.82, 2.24) is 5.32 Å². The number of nitrogens with one attached hydrogen (secondary N) is 1. The fraction of sp³-hybridized carbons (Fsp3) is 0.700. The number of aliphatic hydroxyl groups is 4. The fourth-order valence-electron chi connectivity index (χ4n) is 1.09. The van der Waals surface area contributed by atoms with Gasteiger partial charge in [0.25, 0.3) is 0 Å². The Morgan fingerprint density at radius 1 is 1.38 bits per heavy atom. The van der Waals surface area contributed by atoms with Crippen LogP contribution in [0.5, 0.6) is 0 Å². The molecule has 6 heteroatoms. The monoisotopic (exact) mass is 233 g/mol. The summed E-state index contributed by atoms with van der Waals surface area (Å²) in [6, 6.07) is -1.02. The van der Waals surface area contributed by atoms with Crippen LogP contribution in [0.3, 0.4) is 0 Å². The highest BCUT2D eigenvalue weighted by Gasteiger charge is 2.30. The lowest BCUT2D eigenvalue weighted by Crippen LogP contribution is -2.52. The summed E-state index contributed by atoms with van der Waals surface area (Å²) in [5, 5.41) is 39.3. The minimum atomic E-state index is -1.59. The number of aliphatic hydroxyl groups excluding tert-OH is 4. The number of carbonyl (C=O) groups is 1. The van der Waals surface area contributed by atoms with Crippen molar-refractivity contribution in [3.05, 3.63) is 12.2 Å². The van der Waals surface area contributed by atoms with E-state index in [0.717, 1.165) is 5.57 Å². The third-order valence-electron chi connectivity index (χ3n) is 2.09. The Kier molecular flexibility index (Phi) is 7.11. The quantitative estimate of drug-likeness (QED) is 0.240. The molecule has 0 rings (SSSR count). The summed E-state index contributed by atoms with van der Waals surface area (Å²) in [5.74, 6) is 0. The van der Waals surface area contributed by atoms with Gasteiger partial charge in [-0.1, -0.05) is 12.2 Å². The second-order valence-corrected chi connectivity index (χ2v) is 3.73. The van der Waals surface area contributed by atoms with E-state index >= 15 is 0 Å². The lowest BCUT2D eigenvalue weighted by Gasteiger charge is -2.26. The van der Waals surface area contributed by atoms with E-state index in [1.807, 2.05) is 0 Å². The molecule has 6 nitrogen and oxygen atoms in total. The van der Waals surface area contributed by atoms with Gasteiger partial charge >= 0.3 is 0 Å². The second-order valence-electron chi connectivity index (χ2n) is 3.73. The van der Waals surface area contributed by atoms with Crippen molar-refractivity contribution in [2.75, 3.05) is 13.2 Å². The Morgan fingerprint density at radius 3 is 2.31 bits per heavy atom. The molecule has 5 N–H and O–H groups in total. The highest BCUT2D eigenvalue weighted by molar-refractivity contribution is 5.59. The zero-order chi connectivity index (χ0) is 12.7. The van der Waals surface area contributed by atoms with Gasteiger partial charge < -0.3 is 30.5 Å². The van der Waals surface area contributed by atoms with E-state index in [1.165, 1.54) is 0 Å². The van der Waals surface area contributed by atoms with Gasteiger partial charge in [-0.2, -0.15) is 0 Å². The number of hydrogen-bond acceptors (Lipinski definition) is 6. The van der Waals surface area contributed by atoms with E-state index in [0.29, 0.717) is 12.8 Å². The Labute approximate surface area is 94.2 Å². The first kappa shape index (κ1) is 15.2. The van der Waals surface area contributed by atoms with Crippen molar-refractivity contribution in [2.45, 2.75) is 31.3 Å². The minimum absolute atomic E-state index is 0.308. The molecule has 0 fully saturated rings. The predicted molar refractivity (Wildman–Crippen MR) is 57.8 cm³/mol. The number of rotatable bonds is 8. The molecule has 0 unspecified atom stereocenters. The van der Waals surface area contributed by atoms with Crippen LogP contribution in [0.25, 0.3) is 0 Å². The molecule has 0 aliphatic carbocycles. The molecule has 0 spiro atoms. The van der Waals surface area contributed by atoms with Gasteiger partial charge in [-0.3, -0.25) is 0 Å². The lowest BCUT2D eigenvalue weighted by molar-refractivity contribution is -0.120. The molecule has 0 heterocycles. The third-order valence-corrected chi connectivity index (χ3v) is 2.09. The molecule has 4 atom stereocenters. The van der Waals surface area contributed by atoms with Crippen LogP contribution in [-0.4, -0.2) is 64.2 Å². The molecule has 0 radical (unpaired) electrons. The molecule has 0 saturated carbocycles. The maximum atomic E-state index is 10.7. The molecule has 0 aromatic heterocycles. The normalized spacial score (nSPS) is 18.6. The molecule has 0 aromatic carbocycles. The summed E-state index contributed by atoms with van der Waals surface area (Å²) >= 11 is 0. The van der Waals surface area contributed by atoms with Crippen LogP contribution < -0.4 is 5.32 Å². The van der Waals surface area contributed by atoms with Gasteiger partial charge in [0, 0.05) is 6.54 Å². The van der Waals surface area contributed by atoms with Crippen molar-refractivity contribution >= 4 is 6.29 Å². The zero-order valence-corrected chi connectivity index (χ0v) is 9.21. The smallest absolute Gasteiger partial charge is 0.139 e. The molecule has 0 saturated heterocycles. The summed E-state index contributed by atoms with van der Waals surface area (Å²) < 4.78 is 0. The second kappa shape index (κ2) is 7.48. The standard InChI is InChI=1S/C10H19NO5/c1-6(2)3-11-7(4-12)9(15)10(16)8(14)5-13/h4,7-11,13-16H,1,3,5H2,2H3/t7-,8+,9+,10+/m0/s1. The maximum Gasteiger partial charge on any atom is 0.139 e. The van der Waals surface area contributed by atoms with Gasteiger partial charge in [0.1, 0.15) is 24.6 Å². The van der Waals surface area contributed by atoms with Gasteiger partial charge in [-0.15, -0.1) is 0 Å². The Hall–Kier alpha value is -0.790. The van der Waals surface area contributed by atoms with Gasteiger partial charge in [-0.25, -0.2) is 0 Å². The number of hydrogen-bond donors (Lipinski definition) is 5. The first-order valence-corrected chi connectivity index (χ1v) is 4.92. The van der Waals surface area contributed by atoms with E-state index in [9.17, 15) is 15.0 Å². The van der Waals surface area contributed by atoms with E-state index in [1.54, 1.807) is 6.92 Å². The van der Waals surface area contributed by atoms with E-state index < -0.39 is 31.0 Å². The zero-order valence-electron chi connectivity index (χ0n) is 9.21. The van der Waals surface area contributed by atoms with Crippen LogP contribution in [0.4, 0.5) is 0 Å². The van der Waals surface area contributed by atoms with Crippen molar-refractivity contribution in [3.63, 3.8) is 0 Å². The van der Waals surface area contributed by atoms with Crippen molar-refractivity contribution in [3.8, 4) is 0 Å². The molecule has 0 aromatic rings. The van der Waals surface area contributed by atoms with Gasteiger partial charge in [0.15, 0.2) is 0 Å². The summed E-state index contributed by atoms with van der Waals surface area (Å²) in [6.45, 7) is 4.96. The van der Waals surface area contributed by atoms with E-state index in [4.69, 9.17) is 10.2 Å². The SMILES string of the molecule is C=C(C)CN[C@@H](C=O)[C@@H](O)[C@H](O)[C@H](O)CO. The average molecular weight is 233 g/mol. The van der Waals surface area contributed by atoms with E-state index in [2.05, 4.69) is 11.9 Å². The van der Waals surface area contributed by atoms with Crippen molar-refractivity contribution in [1.29, 1.82) is 0 Å². The lowest BCUT2D eigenvalue weighted by atomic mass is 10.0. The minimum Gasteiger partial charge on any atom is -0.394 e. The Morgan fingerprint density at radius 2 is 1.94 bits per heavy atom. The topological polar surface area (TPSA) is 110 Å². The molecular formula is C10H19NO5. The largest absolute Gasteiger partial charge is 0.394 e. The molecule has 16 heavy (non-hydrogen) atoms. The van der Waals surface area contributed by atoms with Crippen LogP contribution >= 0.6 is 0 Å². The average Bonchev–Trinajstić information content (AvgIpc) is 2.27. The van der Waals surface area contributed by atoms with Crippen LogP contribution in [0, 0.1) is 0 Å². The Bertz CT molecular complexity index is 233. The molecule has 0 amide bonds. The molecule has 0 bridgehead atoms. The predicted octanol–water partition coefficient (Wildman–Crippen LogP) is -2.21. The van der Waals surface area contributed by atoms with Crippen LogP contribution in [0.15, 0.2) is 12.2 Å². The molecular weight excluding hydrogens is 214 g/mol. The summed E-state index contributed by atoms with van der Waals surface area (Å²) in [5.41, 5.74) is 0.760. The van der Waals surface area contributed by atoms with Crippen LogP contribution in [0.2, 0.25) is 0 Å². The van der Waals surface area contributed by atoms with Crippen LogP contribution in [0.1, 0.15) is 6.92 Å². The fourth-order valence-corrected chi connectivity index (χ4v) is 1.09. The van der Waals surface area contributed by atoms with Gasteiger partial charge in [-0.05, 0) is 6.92 Å². The summed E-state index contributed by atoms with van der Waals surface area (Å²) in [7, 11) is 0. The van der Waals surface area contributed by atoms with Crippen molar-refractivity contribution < 1.29 is 25.2 Å². The molecule has 0 aliphatic rings. The first-order chi connectivity index (χ1) is 7.43. The number of aldehydes is 1. The first-order valence-electron chi connectivity index (χ1n) is 4.92. The third kappa shape index (κ3) is 4.82. The van der Waals surface area contributed by atoms with Gasteiger partial charge in [0.2, 0.25) is 0 Å². The molecule has 94 valence electrons. The maximum absolute atomic E-state index is 10.7. The van der Waals surface area contributed by atoms with Crippen LogP contribution in [-0.2, 0) is 4.79 Å². The highest BCUT2D eigenvalue weighted by Crippen LogP contribution is 2.04. The summed E-state index contributed by atoms with van der Waals surface area (Å²) in [6.07, 6.45) is -4.12. The summed E-state index contributed by atoms with van der Waals surface area (Å²) in [4.78, 5) is 10.7. The Balaban J connectivity index is 4.33. The van der Waals surface area contributed by atoms with E-state index in [-0.39, 0.29) is 0 Å². The number of carbonyl (C=O) groups excluding carboxylic acids is 1. The highest BCUT2D eigenvalue weighted by atomic mass is 16.4.